The van der Waals surface area contributed by atoms with E-state index in [4.69, 9.17) is 0 Å². The number of hydrogen-bond acceptors (Lipinski definition) is 6. The molecular formula is C27H30N6. The topological polar surface area (TPSA) is 74.8 Å². The zero-order valence-electron chi connectivity index (χ0n) is 20.0. The van der Waals surface area contributed by atoms with E-state index >= 15 is 0 Å². The summed E-state index contributed by atoms with van der Waals surface area (Å²) in [5, 5.41) is 10.0. The molecule has 0 atom stereocenters. The number of hydrogen-bond donors (Lipinski definition) is 3. The van der Waals surface area contributed by atoms with Crippen molar-refractivity contribution >= 4 is 34.9 Å². The number of anilines is 6. The molecule has 6 nitrogen and oxygen atoms in total. The number of nitrogens with zero attached hydrogens (tertiary/aromatic N) is 3. The van der Waals surface area contributed by atoms with Gasteiger partial charge in [0.1, 0.15) is 0 Å². The van der Waals surface area contributed by atoms with Gasteiger partial charge in [-0.3, -0.25) is 0 Å². The molecule has 4 aromatic rings. The van der Waals surface area contributed by atoms with Crippen molar-refractivity contribution in [2.75, 3.05) is 16.0 Å². The molecule has 33 heavy (non-hydrogen) atoms. The van der Waals surface area contributed by atoms with Gasteiger partial charge in [0.05, 0.1) is 0 Å². The average molecular weight is 439 g/mol. The Balaban J connectivity index is 1.71. The average Bonchev–Trinajstić information content (AvgIpc) is 2.65. The maximum atomic E-state index is 4.63. The molecule has 0 saturated carbocycles. The van der Waals surface area contributed by atoms with E-state index in [1.807, 2.05) is 0 Å². The highest BCUT2D eigenvalue weighted by Crippen LogP contribution is 2.24. The molecule has 0 unspecified atom stereocenters. The van der Waals surface area contributed by atoms with Crippen LogP contribution in [0.2, 0.25) is 0 Å². The van der Waals surface area contributed by atoms with Crippen molar-refractivity contribution in [3.63, 3.8) is 0 Å². The fourth-order valence-electron chi connectivity index (χ4n) is 4.07. The highest BCUT2D eigenvalue weighted by Gasteiger charge is 2.10. The van der Waals surface area contributed by atoms with Crippen LogP contribution in [0.15, 0.2) is 54.6 Å². The van der Waals surface area contributed by atoms with Gasteiger partial charge in [-0.05, 0) is 111 Å². The highest BCUT2D eigenvalue weighted by molar-refractivity contribution is 5.63. The van der Waals surface area contributed by atoms with Crippen molar-refractivity contribution < 1.29 is 0 Å². The molecule has 6 heteroatoms. The van der Waals surface area contributed by atoms with Crippen LogP contribution in [0.4, 0.5) is 34.9 Å². The van der Waals surface area contributed by atoms with Gasteiger partial charge < -0.3 is 16.0 Å². The summed E-state index contributed by atoms with van der Waals surface area (Å²) in [4.78, 5) is 13.9. The van der Waals surface area contributed by atoms with E-state index in [1.165, 1.54) is 33.4 Å². The van der Waals surface area contributed by atoms with E-state index in [9.17, 15) is 0 Å². The van der Waals surface area contributed by atoms with E-state index in [1.54, 1.807) is 0 Å². The molecule has 0 amide bonds. The quantitative estimate of drug-likeness (QED) is 0.302. The Bertz CT molecular complexity index is 1080. The third-order valence-electron chi connectivity index (χ3n) is 5.07. The van der Waals surface area contributed by atoms with Gasteiger partial charge in [0.15, 0.2) is 0 Å². The molecule has 0 aliphatic carbocycles. The summed E-state index contributed by atoms with van der Waals surface area (Å²) in [6.07, 6.45) is 0. The minimum atomic E-state index is 0.466. The number of nitrogens with one attached hydrogen (secondary N) is 3. The lowest BCUT2D eigenvalue weighted by Crippen LogP contribution is -2.08. The fraction of sp³-hybridized carbons (Fsp3) is 0.222. The van der Waals surface area contributed by atoms with Gasteiger partial charge in [-0.1, -0.05) is 18.2 Å². The summed E-state index contributed by atoms with van der Waals surface area (Å²) in [7, 11) is 0. The molecule has 0 spiro atoms. The summed E-state index contributed by atoms with van der Waals surface area (Å²) >= 11 is 0. The first kappa shape index (κ1) is 22.3. The van der Waals surface area contributed by atoms with Crippen LogP contribution >= 0.6 is 0 Å². The van der Waals surface area contributed by atoms with Crippen LogP contribution < -0.4 is 16.0 Å². The van der Waals surface area contributed by atoms with E-state index in [0.717, 1.165) is 17.1 Å². The van der Waals surface area contributed by atoms with Crippen molar-refractivity contribution in [2.45, 2.75) is 41.5 Å². The largest absolute Gasteiger partial charge is 0.324 e. The second-order valence-electron chi connectivity index (χ2n) is 8.81. The molecule has 0 aliphatic rings. The molecule has 0 aliphatic heterocycles. The van der Waals surface area contributed by atoms with Gasteiger partial charge in [0.25, 0.3) is 0 Å². The molecule has 1 aromatic heterocycles. The van der Waals surface area contributed by atoms with Gasteiger partial charge in [0.2, 0.25) is 17.8 Å². The van der Waals surface area contributed by atoms with E-state index in [-0.39, 0.29) is 0 Å². The predicted octanol–water partition coefficient (Wildman–Crippen LogP) is 6.95. The number of aromatic nitrogens is 3. The summed E-state index contributed by atoms with van der Waals surface area (Å²) in [6, 6.07) is 18.9. The monoisotopic (exact) mass is 438 g/mol. The van der Waals surface area contributed by atoms with Crippen molar-refractivity contribution in [1.82, 2.24) is 15.0 Å². The van der Waals surface area contributed by atoms with E-state index < -0.39 is 0 Å². The summed E-state index contributed by atoms with van der Waals surface area (Å²) in [5.74, 6) is 1.40. The molecular weight excluding hydrogens is 408 g/mol. The molecule has 3 N–H and O–H groups in total. The molecule has 168 valence electrons. The van der Waals surface area contributed by atoms with Gasteiger partial charge in [-0.15, -0.1) is 0 Å². The van der Waals surface area contributed by atoms with Crippen molar-refractivity contribution in [3.05, 3.63) is 88.0 Å². The molecule has 1 heterocycles. The van der Waals surface area contributed by atoms with Crippen LogP contribution in [0.3, 0.4) is 0 Å². The minimum Gasteiger partial charge on any atom is -0.324 e. The van der Waals surface area contributed by atoms with Crippen LogP contribution in [0.5, 0.6) is 0 Å². The predicted molar refractivity (Wildman–Crippen MR) is 137 cm³/mol. The summed E-state index contributed by atoms with van der Waals surface area (Å²) < 4.78 is 0. The maximum absolute atomic E-state index is 4.63. The second kappa shape index (κ2) is 9.28. The van der Waals surface area contributed by atoms with Crippen molar-refractivity contribution in [2.24, 2.45) is 0 Å². The second-order valence-corrected chi connectivity index (χ2v) is 8.81. The van der Waals surface area contributed by atoms with Crippen molar-refractivity contribution in [3.8, 4) is 0 Å². The number of rotatable bonds is 6. The first-order chi connectivity index (χ1) is 15.7. The van der Waals surface area contributed by atoms with Crippen LogP contribution in [0.1, 0.15) is 33.4 Å². The standard InChI is InChI=1S/C27H30N6/c1-16-7-17(2)11-22(10-16)28-25-31-26(29-23-12-18(3)8-19(4)13-23)33-27(32-25)30-24-14-20(5)9-21(6)15-24/h7-15H,1-6H3,(H3,28,29,30,31,32,33). The smallest absolute Gasteiger partial charge is 0.233 e. The Morgan fingerprint density at radius 1 is 0.364 bits per heavy atom. The van der Waals surface area contributed by atoms with Crippen LogP contribution in [0, 0.1) is 41.5 Å². The Labute approximate surface area is 195 Å². The molecule has 0 fully saturated rings. The van der Waals surface area contributed by atoms with Gasteiger partial charge >= 0.3 is 0 Å². The summed E-state index contributed by atoms with van der Waals surface area (Å²) in [5.41, 5.74) is 9.86. The van der Waals surface area contributed by atoms with Crippen molar-refractivity contribution in [1.29, 1.82) is 0 Å². The number of benzene rings is 3. The van der Waals surface area contributed by atoms with Gasteiger partial charge in [-0.2, -0.15) is 15.0 Å². The Morgan fingerprint density at radius 2 is 0.576 bits per heavy atom. The third-order valence-corrected chi connectivity index (χ3v) is 5.07. The highest BCUT2D eigenvalue weighted by atomic mass is 15.3. The normalized spacial score (nSPS) is 10.7. The SMILES string of the molecule is Cc1cc(C)cc(Nc2nc(Nc3cc(C)cc(C)c3)nc(Nc3cc(C)cc(C)c3)n2)c1. The van der Waals surface area contributed by atoms with Crippen LogP contribution in [-0.2, 0) is 0 Å². The lowest BCUT2D eigenvalue weighted by atomic mass is 10.1. The first-order valence-electron chi connectivity index (χ1n) is 11.0. The molecule has 0 radical (unpaired) electrons. The molecule has 0 bridgehead atoms. The zero-order chi connectivity index (χ0) is 23.5. The zero-order valence-corrected chi connectivity index (χ0v) is 20.0. The summed E-state index contributed by atoms with van der Waals surface area (Å²) in [6.45, 7) is 12.5. The lowest BCUT2D eigenvalue weighted by molar-refractivity contribution is 1.06. The van der Waals surface area contributed by atoms with Crippen LogP contribution in [-0.4, -0.2) is 15.0 Å². The van der Waals surface area contributed by atoms with E-state index in [2.05, 4.69) is 127 Å². The minimum absolute atomic E-state index is 0.466. The fourth-order valence-corrected chi connectivity index (χ4v) is 4.07. The van der Waals surface area contributed by atoms with E-state index in [0.29, 0.717) is 17.8 Å². The Morgan fingerprint density at radius 3 is 0.788 bits per heavy atom. The Kier molecular flexibility index (Phi) is 6.27. The lowest BCUT2D eigenvalue weighted by Gasteiger charge is -2.13. The maximum Gasteiger partial charge on any atom is 0.233 e. The first-order valence-corrected chi connectivity index (χ1v) is 11.0. The van der Waals surface area contributed by atoms with Gasteiger partial charge in [-0.25, -0.2) is 0 Å². The number of aryl methyl sites for hydroxylation is 6. The van der Waals surface area contributed by atoms with Crippen LogP contribution in [0.25, 0.3) is 0 Å². The van der Waals surface area contributed by atoms with Gasteiger partial charge in [0, 0.05) is 17.1 Å². The molecule has 3 aromatic carbocycles. The third kappa shape index (κ3) is 6.07. The molecule has 4 rings (SSSR count). The molecule has 0 saturated heterocycles. The Hall–Kier alpha value is -3.93.